The first-order valence-corrected chi connectivity index (χ1v) is 9.37. The van der Waals surface area contributed by atoms with E-state index in [2.05, 4.69) is 22.3 Å². The maximum Gasteiger partial charge on any atom is 0.251 e. The summed E-state index contributed by atoms with van der Waals surface area (Å²) < 4.78 is 0. The highest BCUT2D eigenvalue weighted by Gasteiger charge is 2.13. The lowest BCUT2D eigenvalue weighted by atomic mass is 10.1. The molecule has 0 saturated carbocycles. The Morgan fingerprint density at radius 3 is 2.32 bits per heavy atom. The topological polar surface area (TPSA) is 32.3 Å². The van der Waals surface area contributed by atoms with Crippen LogP contribution in [-0.4, -0.2) is 23.9 Å². The summed E-state index contributed by atoms with van der Waals surface area (Å²) in [5.74, 6) is -0.0491. The number of hydrogen-bond acceptors (Lipinski definition) is 2. The molecule has 1 amide bonds. The van der Waals surface area contributed by atoms with Crippen LogP contribution >= 0.6 is 11.6 Å². The third kappa shape index (κ3) is 5.07. The standard InChI is InChI=1S/C21H25ClN2O/c1-16(18-9-11-20(22)12-10-18)23-21(25)19-7-5-17(6-8-19)15-24-13-3-2-4-14-24/h5-12,16H,2-4,13-15H2,1H3,(H,23,25)/t16-/m0/s1. The van der Waals surface area contributed by atoms with Gasteiger partial charge < -0.3 is 5.32 Å². The number of carbonyl (C=O) groups excluding carboxylic acids is 1. The van der Waals surface area contributed by atoms with Crippen molar-refractivity contribution in [3.8, 4) is 0 Å². The van der Waals surface area contributed by atoms with Crippen molar-refractivity contribution < 1.29 is 4.79 Å². The second-order valence-corrected chi connectivity index (χ2v) is 7.22. The molecule has 1 atom stereocenters. The Hall–Kier alpha value is -1.84. The van der Waals surface area contributed by atoms with Crippen LogP contribution in [0.4, 0.5) is 0 Å². The van der Waals surface area contributed by atoms with Crippen LogP contribution in [0.1, 0.15) is 53.7 Å². The fourth-order valence-electron chi connectivity index (χ4n) is 3.25. The molecule has 0 aromatic heterocycles. The predicted molar refractivity (Wildman–Crippen MR) is 103 cm³/mol. The maximum absolute atomic E-state index is 12.4. The van der Waals surface area contributed by atoms with Crippen molar-refractivity contribution in [3.05, 3.63) is 70.2 Å². The second-order valence-electron chi connectivity index (χ2n) is 6.78. The molecule has 0 aliphatic carbocycles. The number of amides is 1. The number of nitrogens with one attached hydrogen (secondary N) is 1. The molecule has 1 saturated heterocycles. The molecule has 1 aliphatic heterocycles. The van der Waals surface area contributed by atoms with E-state index in [9.17, 15) is 4.79 Å². The number of rotatable bonds is 5. The van der Waals surface area contributed by atoms with Crippen LogP contribution in [0.5, 0.6) is 0 Å². The van der Waals surface area contributed by atoms with Gasteiger partial charge in [-0.15, -0.1) is 0 Å². The second kappa shape index (κ2) is 8.50. The van der Waals surface area contributed by atoms with Gasteiger partial charge in [-0.05, 0) is 68.2 Å². The minimum Gasteiger partial charge on any atom is -0.346 e. The van der Waals surface area contributed by atoms with E-state index in [0.717, 1.165) is 12.1 Å². The molecular weight excluding hydrogens is 332 g/mol. The third-order valence-electron chi connectivity index (χ3n) is 4.79. The zero-order valence-corrected chi connectivity index (χ0v) is 15.4. The molecule has 1 fully saturated rings. The predicted octanol–water partition coefficient (Wildman–Crippen LogP) is 4.82. The molecule has 1 aliphatic rings. The molecule has 4 heteroatoms. The Labute approximate surface area is 155 Å². The summed E-state index contributed by atoms with van der Waals surface area (Å²) in [6, 6.07) is 15.5. The number of piperidine rings is 1. The zero-order valence-electron chi connectivity index (χ0n) is 14.7. The summed E-state index contributed by atoms with van der Waals surface area (Å²) >= 11 is 5.91. The van der Waals surface area contributed by atoms with Gasteiger partial charge >= 0.3 is 0 Å². The van der Waals surface area contributed by atoms with Crippen LogP contribution in [0, 0.1) is 0 Å². The largest absolute Gasteiger partial charge is 0.346 e. The lowest BCUT2D eigenvalue weighted by Crippen LogP contribution is -2.29. The van der Waals surface area contributed by atoms with E-state index in [4.69, 9.17) is 11.6 Å². The van der Waals surface area contributed by atoms with Gasteiger partial charge in [0.25, 0.3) is 5.91 Å². The van der Waals surface area contributed by atoms with Gasteiger partial charge in [0.15, 0.2) is 0 Å². The van der Waals surface area contributed by atoms with Gasteiger partial charge in [-0.1, -0.05) is 42.3 Å². The first-order valence-electron chi connectivity index (χ1n) is 8.99. The van der Waals surface area contributed by atoms with Crippen LogP contribution in [0.3, 0.4) is 0 Å². The van der Waals surface area contributed by atoms with Crippen LogP contribution in [0.25, 0.3) is 0 Å². The van der Waals surface area contributed by atoms with E-state index >= 15 is 0 Å². The van der Waals surface area contributed by atoms with Gasteiger partial charge in [0, 0.05) is 17.1 Å². The summed E-state index contributed by atoms with van der Waals surface area (Å²) in [4.78, 5) is 14.9. The van der Waals surface area contributed by atoms with Crippen molar-refractivity contribution in [1.82, 2.24) is 10.2 Å². The SMILES string of the molecule is C[C@H](NC(=O)c1ccc(CN2CCCCC2)cc1)c1ccc(Cl)cc1. The molecule has 2 aromatic rings. The van der Waals surface area contributed by atoms with Gasteiger partial charge in [-0.25, -0.2) is 0 Å². The van der Waals surface area contributed by atoms with Crippen LogP contribution < -0.4 is 5.32 Å². The fraction of sp³-hybridized carbons (Fsp3) is 0.381. The molecule has 1 N–H and O–H groups in total. The molecule has 2 aromatic carbocycles. The molecule has 1 heterocycles. The van der Waals surface area contributed by atoms with E-state index < -0.39 is 0 Å². The zero-order chi connectivity index (χ0) is 17.6. The van der Waals surface area contributed by atoms with Crippen molar-refractivity contribution in [2.45, 2.75) is 38.8 Å². The Morgan fingerprint density at radius 1 is 1.04 bits per heavy atom. The van der Waals surface area contributed by atoms with Gasteiger partial charge in [-0.3, -0.25) is 9.69 Å². The Balaban J connectivity index is 1.57. The Morgan fingerprint density at radius 2 is 1.68 bits per heavy atom. The fourth-order valence-corrected chi connectivity index (χ4v) is 3.38. The summed E-state index contributed by atoms with van der Waals surface area (Å²) in [6.45, 7) is 5.32. The molecule has 3 rings (SSSR count). The maximum atomic E-state index is 12.4. The molecule has 3 nitrogen and oxygen atoms in total. The van der Waals surface area contributed by atoms with Gasteiger partial charge in [0.05, 0.1) is 6.04 Å². The van der Waals surface area contributed by atoms with Crippen molar-refractivity contribution in [3.63, 3.8) is 0 Å². The molecule has 0 unspecified atom stereocenters. The van der Waals surface area contributed by atoms with E-state index in [1.54, 1.807) is 0 Å². The number of carbonyl (C=O) groups is 1. The van der Waals surface area contributed by atoms with E-state index in [-0.39, 0.29) is 11.9 Å². The number of nitrogens with zero attached hydrogens (tertiary/aromatic N) is 1. The molecular formula is C21H25ClN2O. The van der Waals surface area contributed by atoms with E-state index in [1.165, 1.54) is 37.9 Å². The van der Waals surface area contributed by atoms with Gasteiger partial charge in [0.2, 0.25) is 0 Å². The lowest BCUT2D eigenvalue weighted by molar-refractivity contribution is 0.0940. The number of benzene rings is 2. The summed E-state index contributed by atoms with van der Waals surface area (Å²) in [6.07, 6.45) is 3.94. The number of likely N-dealkylation sites (tertiary alicyclic amines) is 1. The van der Waals surface area contributed by atoms with Crippen molar-refractivity contribution in [2.75, 3.05) is 13.1 Å². The molecule has 132 valence electrons. The van der Waals surface area contributed by atoms with Crippen molar-refractivity contribution >= 4 is 17.5 Å². The normalized spacial score (nSPS) is 16.4. The highest BCUT2D eigenvalue weighted by Crippen LogP contribution is 2.17. The molecule has 0 radical (unpaired) electrons. The van der Waals surface area contributed by atoms with Crippen molar-refractivity contribution in [1.29, 1.82) is 0 Å². The molecule has 0 spiro atoms. The first kappa shape index (κ1) is 18.0. The monoisotopic (exact) mass is 356 g/mol. The Kier molecular flexibility index (Phi) is 6.11. The molecule has 25 heavy (non-hydrogen) atoms. The van der Waals surface area contributed by atoms with Crippen LogP contribution in [0.2, 0.25) is 5.02 Å². The average molecular weight is 357 g/mol. The number of hydrogen-bond donors (Lipinski definition) is 1. The van der Waals surface area contributed by atoms with Crippen molar-refractivity contribution in [2.24, 2.45) is 0 Å². The summed E-state index contributed by atoms with van der Waals surface area (Å²) in [7, 11) is 0. The smallest absolute Gasteiger partial charge is 0.251 e. The minimum absolute atomic E-state index is 0.0491. The van der Waals surface area contributed by atoms with Crippen LogP contribution in [-0.2, 0) is 6.54 Å². The minimum atomic E-state index is -0.0576. The highest BCUT2D eigenvalue weighted by atomic mass is 35.5. The average Bonchev–Trinajstić information content (AvgIpc) is 2.63. The highest BCUT2D eigenvalue weighted by molar-refractivity contribution is 6.30. The van der Waals surface area contributed by atoms with E-state index in [1.807, 2.05) is 43.3 Å². The van der Waals surface area contributed by atoms with Gasteiger partial charge in [0.1, 0.15) is 0 Å². The summed E-state index contributed by atoms with van der Waals surface area (Å²) in [5.41, 5.74) is 3.01. The van der Waals surface area contributed by atoms with Crippen LogP contribution in [0.15, 0.2) is 48.5 Å². The van der Waals surface area contributed by atoms with Gasteiger partial charge in [-0.2, -0.15) is 0 Å². The first-order chi connectivity index (χ1) is 12.1. The summed E-state index contributed by atoms with van der Waals surface area (Å²) in [5, 5.41) is 3.74. The number of halogens is 1. The third-order valence-corrected chi connectivity index (χ3v) is 5.04. The lowest BCUT2D eigenvalue weighted by Gasteiger charge is -2.26. The molecule has 0 bridgehead atoms. The quantitative estimate of drug-likeness (QED) is 0.833. The van der Waals surface area contributed by atoms with E-state index in [0.29, 0.717) is 10.6 Å². The Bertz CT molecular complexity index is 691.